The first-order chi connectivity index (χ1) is 7.77. The molecule has 90 valence electrons. The fourth-order valence-electron chi connectivity index (χ4n) is 1.68. The summed E-state index contributed by atoms with van der Waals surface area (Å²) in [6.45, 7) is 6.55. The molecule has 1 heterocycles. The maximum atomic E-state index is 5.49. The van der Waals surface area contributed by atoms with Crippen LogP contribution in [0.3, 0.4) is 0 Å². The Morgan fingerprint density at radius 3 is 3.06 bits per heavy atom. The van der Waals surface area contributed by atoms with Gasteiger partial charge in [-0.05, 0) is 39.5 Å². The predicted molar refractivity (Wildman–Crippen MR) is 67.2 cm³/mol. The average Bonchev–Trinajstić information content (AvgIpc) is 2.67. The maximum Gasteiger partial charge on any atom is 0.122 e. The molecule has 1 aromatic heterocycles. The molecule has 3 heteroatoms. The average molecular weight is 222 g/mol. The molecule has 0 radical (unpaired) electrons. The Morgan fingerprint density at radius 1 is 1.56 bits per heavy atom. The third-order valence-electron chi connectivity index (χ3n) is 2.57. The third kappa shape index (κ3) is 4.21. The van der Waals surface area contributed by atoms with Crippen LogP contribution in [0.2, 0.25) is 0 Å². The normalized spacial score (nSPS) is 10.9. The van der Waals surface area contributed by atoms with E-state index in [0.717, 1.165) is 38.2 Å². The van der Waals surface area contributed by atoms with E-state index < -0.39 is 0 Å². The van der Waals surface area contributed by atoms with Crippen LogP contribution in [-0.2, 0) is 13.1 Å². The molecule has 0 saturated heterocycles. The van der Waals surface area contributed by atoms with Crippen molar-refractivity contribution in [1.29, 1.82) is 0 Å². The molecule has 0 aliphatic heterocycles. The molecule has 0 aromatic carbocycles. The fraction of sp³-hybridized carbons (Fsp3) is 0.538. The van der Waals surface area contributed by atoms with Crippen molar-refractivity contribution in [2.24, 2.45) is 0 Å². The van der Waals surface area contributed by atoms with Crippen molar-refractivity contribution in [2.75, 3.05) is 20.6 Å². The first kappa shape index (κ1) is 13.0. The summed E-state index contributed by atoms with van der Waals surface area (Å²) >= 11 is 0. The zero-order valence-corrected chi connectivity index (χ0v) is 10.3. The lowest BCUT2D eigenvalue weighted by Gasteiger charge is -2.15. The topological polar surface area (TPSA) is 28.4 Å². The van der Waals surface area contributed by atoms with E-state index in [0.29, 0.717) is 0 Å². The standard InChI is InChI=1S/C13H22N2O/c1-4-5-6-8-15(3)11-13-12(10-14-2)7-9-16-13/h4,7,9,14H,1,5-6,8,10-11H2,2-3H3. The van der Waals surface area contributed by atoms with Crippen molar-refractivity contribution < 1.29 is 4.42 Å². The summed E-state index contributed by atoms with van der Waals surface area (Å²) in [5.74, 6) is 1.07. The number of rotatable bonds is 8. The summed E-state index contributed by atoms with van der Waals surface area (Å²) in [5.41, 5.74) is 1.25. The third-order valence-corrected chi connectivity index (χ3v) is 2.57. The molecule has 0 spiro atoms. The second-order valence-electron chi connectivity index (χ2n) is 4.07. The summed E-state index contributed by atoms with van der Waals surface area (Å²) in [5, 5.41) is 3.14. The van der Waals surface area contributed by atoms with Crippen molar-refractivity contribution in [3.63, 3.8) is 0 Å². The SMILES string of the molecule is C=CCCCN(C)Cc1occc1CNC. The highest BCUT2D eigenvalue weighted by Gasteiger charge is 2.08. The molecule has 0 bridgehead atoms. The van der Waals surface area contributed by atoms with Crippen LogP contribution in [0.5, 0.6) is 0 Å². The van der Waals surface area contributed by atoms with Crippen LogP contribution >= 0.6 is 0 Å². The molecule has 0 aliphatic carbocycles. The van der Waals surface area contributed by atoms with Crippen LogP contribution in [0, 0.1) is 0 Å². The van der Waals surface area contributed by atoms with Crippen LogP contribution in [0.1, 0.15) is 24.2 Å². The zero-order chi connectivity index (χ0) is 11.8. The minimum atomic E-state index is 0.867. The number of nitrogens with zero attached hydrogens (tertiary/aromatic N) is 1. The molecule has 3 nitrogen and oxygen atoms in total. The van der Waals surface area contributed by atoms with Crippen molar-refractivity contribution in [3.8, 4) is 0 Å². The van der Waals surface area contributed by atoms with E-state index in [1.54, 1.807) is 6.26 Å². The Morgan fingerprint density at radius 2 is 2.38 bits per heavy atom. The van der Waals surface area contributed by atoms with Gasteiger partial charge in [-0.1, -0.05) is 6.08 Å². The van der Waals surface area contributed by atoms with Crippen molar-refractivity contribution in [2.45, 2.75) is 25.9 Å². The Labute approximate surface area is 98.1 Å². The lowest BCUT2D eigenvalue weighted by molar-refractivity contribution is 0.290. The highest BCUT2D eigenvalue weighted by molar-refractivity contribution is 5.16. The summed E-state index contributed by atoms with van der Waals surface area (Å²) in [6, 6.07) is 2.03. The van der Waals surface area contributed by atoms with Gasteiger partial charge in [0.05, 0.1) is 12.8 Å². The molecule has 0 aliphatic rings. The number of allylic oxidation sites excluding steroid dienone is 1. The number of unbranched alkanes of at least 4 members (excludes halogenated alkanes) is 1. The molecule has 0 atom stereocenters. The molecule has 1 rings (SSSR count). The van der Waals surface area contributed by atoms with Crippen LogP contribution < -0.4 is 5.32 Å². The van der Waals surface area contributed by atoms with Crippen molar-refractivity contribution in [1.82, 2.24) is 10.2 Å². The molecule has 0 saturated carbocycles. The minimum Gasteiger partial charge on any atom is -0.468 e. The van der Waals surface area contributed by atoms with Crippen molar-refractivity contribution >= 4 is 0 Å². The van der Waals surface area contributed by atoms with Crippen LogP contribution in [0.25, 0.3) is 0 Å². The van der Waals surface area contributed by atoms with Crippen molar-refractivity contribution in [3.05, 3.63) is 36.3 Å². The van der Waals surface area contributed by atoms with E-state index in [1.807, 2.05) is 19.2 Å². The van der Waals surface area contributed by atoms with Gasteiger partial charge in [0.2, 0.25) is 0 Å². The lowest BCUT2D eigenvalue weighted by Crippen LogP contribution is -2.20. The summed E-state index contributed by atoms with van der Waals surface area (Å²) < 4.78 is 5.49. The Hall–Kier alpha value is -1.06. The van der Waals surface area contributed by atoms with Crippen LogP contribution in [0.15, 0.2) is 29.4 Å². The number of furan rings is 1. The van der Waals surface area contributed by atoms with Gasteiger partial charge in [0, 0.05) is 12.1 Å². The highest BCUT2D eigenvalue weighted by atomic mass is 16.3. The summed E-state index contributed by atoms with van der Waals surface area (Å²) in [7, 11) is 4.07. The van der Waals surface area contributed by atoms with E-state index in [-0.39, 0.29) is 0 Å². The second kappa shape index (κ2) is 7.25. The zero-order valence-electron chi connectivity index (χ0n) is 10.3. The monoisotopic (exact) mass is 222 g/mol. The quantitative estimate of drug-likeness (QED) is 0.541. The Balaban J connectivity index is 2.39. The molecule has 16 heavy (non-hydrogen) atoms. The van der Waals surface area contributed by atoms with Gasteiger partial charge in [0.1, 0.15) is 5.76 Å². The first-order valence-corrected chi connectivity index (χ1v) is 5.77. The van der Waals surface area contributed by atoms with Gasteiger partial charge in [-0.15, -0.1) is 6.58 Å². The molecular formula is C13H22N2O. The van der Waals surface area contributed by atoms with Gasteiger partial charge in [-0.2, -0.15) is 0 Å². The van der Waals surface area contributed by atoms with Gasteiger partial charge in [0.25, 0.3) is 0 Å². The summed E-state index contributed by atoms with van der Waals surface area (Å²) in [6.07, 6.45) is 5.96. The predicted octanol–water partition coefficient (Wildman–Crippen LogP) is 2.40. The maximum absolute atomic E-state index is 5.49. The number of hydrogen-bond donors (Lipinski definition) is 1. The van der Waals surface area contributed by atoms with Gasteiger partial charge in [-0.25, -0.2) is 0 Å². The molecular weight excluding hydrogens is 200 g/mol. The minimum absolute atomic E-state index is 0.867. The molecule has 0 unspecified atom stereocenters. The molecule has 1 N–H and O–H groups in total. The van der Waals surface area contributed by atoms with Gasteiger partial charge >= 0.3 is 0 Å². The van der Waals surface area contributed by atoms with E-state index in [1.165, 1.54) is 5.56 Å². The smallest absolute Gasteiger partial charge is 0.122 e. The molecule has 0 amide bonds. The molecule has 1 aromatic rings. The van der Waals surface area contributed by atoms with Gasteiger partial charge < -0.3 is 9.73 Å². The Bertz CT molecular complexity index is 307. The van der Waals surface area contributed by atoms with E-state index in [9.17, 15) is 0 Å². The number of nitrogens with one attached hydrogen (secondary N) is 1. The summed E-state index contributed by atoms with van der Waals surface area (Å²) in [4.78, 5) is 2.28. The Kier molecular flexibility index (Phi) is 5.90. The van der Waals surface area contributed by atoms with Crippen LogP contribution in [0.4, 0.5) is 0 Å². The van der Waals surface area contributed by atoms with Crippen LogP contribution in [-0.4, -0.2) is 25.5 Å². The molecule has 0 fully saturated rings. The van der Waals surface area contributed by atoms with Gasteiger partial charge in [-0.3, -0.25) is 4.90 Å². The van der Waals surface area contributed by atoms with E-state index >= 15 is 0 Å². The largest absolute Gasteiger partial charge is 0.468 e. The highest BCUT2D eigenvalue weighted by Crippen LogP contribution is 2.12. The van der Waals surface area contributed by atoms with E-state index in [4.69, 9.17) is 4.42 Å². The first-order valence-electron chi connectivity index (χ1n) is 5.77. The fourth-order valence-corrected chi connectivity index (χ4v) is 1.68. The van der Waals surface area contributed by atoms with Gasteiger partial charge in [0.15, 0.2) is 0 Å². The van der Waals surface area contributed by atoms with E-state index in [2.05, 4.69) is 23.8 Å². The number of hydrogen-bond acceptors (Lipinski definition) is 3. The second-order valence-corrected chi connectivity index (χ2v) is 4.07. The lowest BCUT2D eigenvalue weighted by atomic mass is 10.2.